The SMILES string of the molecule is CC(=O)c1ccc(NC(=O)Cn2nc(C)c3c(C(F)F)cc(C(F)F)nc32)cc1. The molecule has 152 valence electrons. The normalized spacial score (nSPS) is 11.4. The number of carbonyl (C=O) groups is 2. The summed E-state index contributed by atoms with van der Waals surface area (Å²) in [5.74, 6) is -0.690. The summed E-state index contributed by atoms with van der Waals surface area (Å²) in [6.45, 7) is 2.43. The van der Waals surface area contributed by atoms with Gasteiger partial charge in [-0.2, -0.15) is 5.10 Å². The summed E-state index contributed by atoms with van der Waals surface area (Å²) in [6, 6.07) is 6.80. The molecule has 1 amide bonds. The van der Waals surface area contributed by atoms with Crippen LogP contribution in [0.25, 0.3) is 11.0 Å². The first-order chi connectivity index (χ1) is 13.7. The van der Waals surface area contributed by atoms with Gasteiger partial charge in [-0.25, -0.2) is 27.2 Å². The third kappa shape index (κ3) is 4.25. The molecule has 0 fully saturated rings. The van der Waals surface area contributed by atoms with E-state index in [0.29, 0.717) is 17.3 Å². The first-order valence-electron chi connectivity index (χ1n) is 8.52. The third-order valence-corrected chi connectivity index (χ3v) is 4.25. The van der Waals surface area contributed by atoms with Gasteiger partial charge in [0, 0.05) is 16.8 Å². The Morgan fingerprint density at radius 2 is 1.76 bits per heavy atom. The number of benzene rings is 1. The van der Waals surface area contributed by atoms with Gasteiger partial charge in [0.2, 0.25) is 5.91 Å². The van der Waals surface area contributed by atoms with E-state index in [1.165, 1.54) is 38.1 Å². The number of rotatable bonds is 6. The molecule has 0 spiro atoms. The molecule has 6 nitrogen and oxygen atoms in total. The number of aryl methyl sites for hydroxylation is 1. The predicted octanol–water partition coefficient (Wildman–Crippen LogP) is 4.46. The van der Waals surface area contributed by atoms with Crippen molar-refractivity contribution in [1.29, 1.82) is 0 Å². The summed E-state index contributed by atoms with van der Waals surface area (Å²) >= 11 is 0. The number of alkyl halides is 4. The van der Waals surface area contributed by atoms with E-state index in [1.807, 2.05) is 0 Å². The van der Waals surface area contributed by atoms with Crippen molar-refractivity contribution in [2.75, 3.05) is 5.32 Å². The molecule has 0 aliphatic carbocycles. The van der Waals surface area contributed by atoms with E-state index < -0.39 is 36.6 Å². The van der Waals surface area contributed by atoms with Gasteiger partial charge in [0.1, 0.15) is 12.2 Å². The number of aromatic nitrogens is 3. The fourth-order valence-electron chi connectivity index (χ4n) is 2.93. The molecular weight excluding hydrogens is 392 g/mol. The van der Waals surface area contributed by atoms with Crippen molar-refractivity contribution < 1.29 is 27.2 Å². The summed E-state index contributed by atoms with van der Waals surface area (Å²) < 4.78 is 53.9. The molecule has 0 aliphatic heterocycles. The molecule has 1 aromatic carbocycles. The van der Waals surface area contributed by atoms with Crippen LogP contribution in [0.4, 0.5) is 23.2 Å². The Kier molecular flexibility index (Phi) is 5.62. The molecule has 0 bridgehead atoms. The summed E-state index contributed by atoms with van der Waals surface area (Å²) in [4.78, 5) is 27.3. The quantitative estimate of drug-likeness (QED) is 0.483. The second-order valence-electron chi connectivity index (χ2n) is 6.36. The van der Waals surface area contributed by atoms with Gasteiger partial charge in [0.15, 0.2) is 11.4 Å². The number of amides is 1. The third-order valence-electron chi connectivity index (χ3n) is 4.25. The molecule has 3 aromatic rings. The van der Waals surface area contributed by atoms with Crippen LogP contribution in [0.15, 0.2) is 30.3 Å². The highest BCUT2D eigenvalue weighted by Gasteiger charge is 2.23. The molecule has 29 heavy (non-hydrogen) atoms. The van der Waals surface area contributed by atoms with Gasteiger partial charge in [-0.3, -0.25) is 9.59 Å². The molecule has 0 aliphatic rings. The lowest BCUT2D eigenvalue weighted by Crippen LogP contribution is -2.20. The molecule has 10 heteroatoms. The van der Waals surface area contributed by atoms with Crippen molar-refractivity contribution in [1.82, 2.24) is 14.8 Å². The van der Waals surface area contributed by atoms with Gasteiger partial charge in [-0.15, -0.1) is 0 Å². The number of anilines is 1. The minimum atomic E-state index is -3.05. The molecular formula is C19H16F4N4O2. The molecule has 2 aromatic heterocycles. The van der Waals surface area contributed by atoms with Crippen LogP contribution in [-0.4, -0.2) is 26.5 Å². The van der Waals surface area contributed by atoms with Gasteiger partial charge < -0.3 is 5.32 Å². The number of Topliss-reactive ketones (excluding diaryl/α,β-unsaturated/α-hetero) is 1. The smallest absolute Gasteiger partial charge is 0.280 e. The van der Waals surface area contributed by atoms with Crippen molar-refractivity contribution in [2.45, 2.75) is 33.2 Å². The maximum absolute atomic E-state index is 13.4. The number of fused-ring (bicyclic) bond motifs is 1. The Hall–Kier alpha value is -3.30. The first kappa shape index (κ1) is 20.4. The van der Waals surface area contributed by atoms with Crippen LogP contribution in [0.1, 0.15) is 47.1 Å². The van der Waals surface area contributed by atoms with Crippen LogP contribution in [0.3, 0.4) is 0 Å². The molecule has 1 N–H and O–H groups in total. The molecule has 0 unspecified atom stereocenters. The largest absolute Gasteiger partial charge is 0.324 e. The Morgan fingerprint density at radius 3 is 2.31 bits per heavy atom. The van der Waals surface area contributed by atoms with E-state index in [1.54, 1.807) is 0 Å². The van der Waals surface area contributed by atoms with Crippen LogP contribution in [-0.2, 0) is 11.3 Å². The number of nitrogens with zero attached hydrogens (tertiary/aromatic N) is 3. The van der Waals surface area contributed by atoms with E-state index >= 15 is 0 Å². The number of nitrogens with one attached hydrogen (secondary N) is 1. The van der Waals surface area contributed by atoms with Crippen molar-refractivity contribution in [2.24, 2.45) is 0 Å². The minimum Gasteiger partial charge on any atom is -0.324 e. The first-order valence-corrected chi connectivity index (χ1v) is 8.52. The van der Waals surface area contributed by atoms with E-state index in [9.17, 15) is 27.2 Å². The van der Waals surface area contributed by atoms with Crippen LogP contribution in [0.5, 0.6) is 0 Å². The zero-order valence-electron chi connectivity index (χ0n) is 15.4. The molecule has 0 atom stereocenters. The highest BCUT2D eigenvalue weighted by Crippen LogP contribution is 2.32. The number of hydrogen-bond acceptors (Lipinski definition) is 4. The average molecular weight is 408 g/mol. The molecule has 0 saturated carbocycles. The van der Waals surface area contributed by atoms with Crippen molar-refractivity contribution in [3.63, 3.8) is 0 Å². The molecule has 0 radical (unpaired) electrons. The Balaban J connectivity index is 1.91. The maximum Gasteiger partial charge on any atom is 0.280 e. The van der Waals surface area contributed by atoms with Gasteiger partial charge in [-0.05, 0) is 44.2 Å². The lowest BCUT2D eigenvalue weighted by atomic mass is 10.1. The van der Waals surface area contributed by atoms with E-state index in [-0.39, 0.29) is 22.5 Å². The van der Waals surface area contributed by atoms with Crippen LogP contribution < -0.4 is 5.32 Å². The van der Waals surface area contributed by atoms with E-state index in [2.05, 4.69) is 15.4 Å². The van der Waals surface area contributed by atoms with Crippen LogP contribution >= 0.6 is 0 Å². The number of carbonyl (C=O) groups excluding carboxylic acids is 2. The average Bonchev–Trinajstić information content (AvgIpc) is 2.96. The Labute approximate surface area is 162 Å². The zero-order chi connectivity index (χ0) is 21.3. The lowest BCUT2D eigenvalue weighted by Gasteiger charge is -2.09. The van der Waals surface area contributed by atoms with Crippen molar-refractivity contribution in [3.05, 3.63) is 52.8 Å². The van der Waals surface area contributed by atoms with E-state index in [0.717, 1.165) is 4.68 Å². The summed E-state index contributed by atoms with van der Waals surface area (Å²) in [5, 5.41) is 6.54. The summed E-state index contributed by atoms with van der Waals surface area (Å²) in [7, 11) is 0. The molecule has 2 heterocycles. The van der Waals surface area contributed by atoms with E-state index in [4.69, 9.17) is 0 Å². The van der Waals surface area contributed by atoms with Crippen LogP contribution in [0.2, 0.25) is 0 Å². The highest BCUT2D eigenvalue weighted by molar-refractivity contribution is 5.96. The summed E-state index contributed by atoms with van der Waals surface area (Å²) in [6.07, 6.45) is -6.04. The van der Waals surface area contributed by atoms with Gasteiger partial charge in [0.05, 0.1) is 11.1 Å². The number of hydrogen-bond donors (Lipinski definition) is 1. The minimum absolute atomic E-state index is 0.0528. The lowest BCUT2D eigenvalue weighted by molar-refractivity contribution is -0.116. The van der Waals surface area contributed by atoms with Gasteiger partial charge >= 0.3 is 0 Å². The van der Waals surface area contributed by atoms with Crippen LogP contribution in [0, 0.1) is 6.92 Å². The molecule has 3 rings (SSSR count). The van der Waals surface area contributed by atoms with Crippen molar-refractivity contribution in [3.8, 4) is 0 Å². The molecule has 0 saturated heterocycles. The standard InChI is InChI=1S/C19H16F4N4O2/c1-9-16-13(17(20)21)7-14(18(22)23)25-19(16)27(26-9)8-15(29)24-12-5-3-11(4-6-12)10(2)28/h3-7,17-18H,8H2,1-2H3,(H,24,29). The topological polar surface area (TPSA) is 76.9 Å². The zero-order valence-corrected chi connectivity index (χ0v) is 15.4. The maximum atomic E-state index is 13.4. The Morgan fingerprint density at radius 1 is 1.10 bits per heavy atom. The van der Waals surface area contributed by atoms with Crippen molar-refractivity contribution >= 4 is 28.4 Å². The number of ketones is 1. The second kappa shape index (κ2) is 7.98. The second-order valence-corrected chi connectivity index (χ2v) is 6.36. The Bertz CT molecular complexity index is 1080. The monoisotopic (exact) mass is 408 g/mol. The highest BCUT2D eigenvalue weighted by atomic mass is 19.3. The fourth-order valence-corrected chi connectivity index (χ4v) is 2.93. The number of halogens is 4. The number of pyridine rings is 1. The van der Waals surface area contributed by atoms with Gasteiger partial charge in [0.25, 0.3) is 12.9 Å². The van der Waals surface area contributed by atoms with Gasteiger partial charge in [-0.1, -0.05) is 0 Å². The summed E-state index contributed by atoms with van der Waals surface area (Å²) in [5.41, 5.74) is -0.592. The predicted molar refractivity (Wildman–Crippen MR) is 97.3 cm³/mol. The fraction of sp³-hybridized carbons (Fsp3) is 0.263.